The first kappa shape index (κ1) is 14.1. The highest BCUT2D eigenvalue weighted by atomic mass is 32.2. The number of rotatable bonds is 6. The number of ether oxygens (including phenoxy) is 1. The molecular formula is C9H16O5S. The normalized spacial score (nSPS) is 12.2. The Kier molecular flexibility index (Phi) is 4.96. The van der Waals surface area contributed by atoms with Crippen LogP contribution < -0.4 is 0 Å². The molecule has 0 saturated heterocycles. The van der Waals surface area contributed by atoms with E-state index in [-0.39, 0.29) is 13.0 Å². The summed E-state index contributed by atoms with van der Waals surface area (Å²) in [6.45, 7) is 6.16. The highest BCUT2D eigenvalue weighted by Crippen LogP contribution is 2.21. The molecule has 0 aromatic carbocycles. The van der Waals surface area contributed by atoms with Gasteiger partial charge in [0.15, 0.2) is 0 Å². The Bertz CT molecular complexity index is 328. The molecule has 0 aromatic heterocycles. The van der Waals surface area contributed by atoms with E-state index in [0.29, 0.717) is 6.42 Å². The maximum atomic E-state index is 10.9. The molecule has 0 amide bonds. The highest BCUT2D eigenvalue weighted by Gasteiger charge is 2.31. The van der Waals surface area contributed by atoms with Crippen LogP contribution in [0.3, 0.4) is 0 Å². The van der Waals surface area contributed by atoms with Crippen molar-refractivity contribution in [3.05, 3.63) is 12.7 Å². The molecule has 0 fully saturated rings. The first-order valence-corrected chi connectivity index (χ1v) is 5.91. The molecule has 0 aromatic rings. The van der Waals surface area contributed by atoms with Crippen LogP contribution in [0.15, 0.2) is 12.7 Å². The summed E-state index contributed by atoms with van der Waals surface area (Å²) in [5.41, 5.74) is 0. The Hall–Kier alpha value is -0.880. The summed E-state index contributed by atoms with van der Waals surface area (Å²) in [5, 5.41) is 0. The maximum Gasteiger partial charge on any atom is 0.330 e. The molecule has 0 heterocycles. The van der Waals surface area contributed by atoms with Gasteiger partial charge in [-0.1, -0.05) is 6.58 Å². The third-order valence-corrected chi connectivity index (χ3v) is 3.63. The second kappa shape index (κ2) is 5.27. The third kappa shape index (κ3) is 4.94. The lowest BCUT2D eigenvalue weighted by molar-refractivity contribution is -0.137. The zero-order valence-corrected chi connectivity index (χ0v) is 9.71. The van der Waals surface area contributed by atoms with Crippen LogP contribution in [0.25, 0.3) is 0 Å². The molecule has 0 unspecified atom stereocenters. The van der Waals surface area contributed by atoms with E-state index in [0.717, 1.165) is 6.08 Å². The summed E-state index contributed by atoms with van der Waals surface area (Å²) in [4.78, 5) is 10.6. The van der Waals surface area contributed by atoms with Gasteiger partial charge in [-0.25, -0.2) is 4.79 Å². The van der Waals surface area contributed by atoms with E-state index < -0.39 is 20.8 Å². The summed E-state index contributed by atoms with van der Waals surface area (Å²) in [5.74, 6) is -0.542. The van der Waals surface area contributed by atoms with E-state index in [1.807, 2.05) is 0 Å². The molecule has 0 bridgehead atoms. The first-order valence-electron chi connectivity index (χ1n) is 4.47. The van der Waals surface area contributed by atoms with Crippen molar-refractivity contribution in [3.8, 4) is 0 Å². The molecule has 0 saturated carbocycles. The molecule has 0 atom stereocenters. The van der Waals surface area contributed by atoms with Crippen molar-refractivity contribution in [3.63, 3.8) is 0 Å². The van der Waals surface area contributed by atoms with Gasteiger partial charge in [0.1, 0.15) is 0 Å². The van der Waals surface area contributed by atoms with E-state index in [4.69, 9.17) is 4.55 Å². The fourth-order valence-electron chi connectivity index (χ4n) is 0.859. The maximum absolute atomic E-state index is 10.9. The van der Waals surface area contributed by atoms with E-state index in [2.05, 4.69) is 11.3 Å². The summed E-state index contributed by atoms with van der Waals surface area (Å²) < 4.78 is 34.0. The second-order valence-corrected chi connectivity index (χ2v) is 5.77. The second-order valence-electron chi connectivity index (χ2n) is 3.71. The SMILES string of the molecule is C=CC(=O)OCCCC(C)(C)S(=O)(=O)O. The van der Waals surface area contributed by atoms with Crippen molar-refractivity contribution < 1.29 is 22.5 Å². The van der Waals surface area contributed by atoms with Crippen LogP contribution in [0.4, 0.5) is 0 Å². The summed E-state index contributed by atoms with van der Waals surface area (Å²) in [7, 11) is -4.07. The van der Waals surface area contributed by atoms with E-state index >= 15 is 0 Å². The number of hydrogen-bond acceptors (Lipinski definition) is 4. The molecule has 88 valence electrons. The zero-order valence-electron chi connectivity index (χ0n) is 8.89. The van der Waals surface area contributed by atoms with Crippen LogP contribution in [0.1, 0.15) is 26.7 Å². The average Bonchev–Trinajstić information content (AvgIpc) is 2.10. The molecule has 5 nitrogen and oxygen atoms in total. The Balaban J connectivity index is 3.97. The lowest BCUT2D eigenvalue weighted by Crippen LogP contribution is -2.31. The van der Waals surface area contributed by atoms with E-state index in [1.165, 1.54) is 13.8 Å². The molecule has 0 aliphatic heterocycles. The third-order valence-electron chi connectivity index (χ3n) is 2.03. The van der Waals surface area contributed by atoms with Gasteiger partial charge in [0, 0.05) is 6.08 Å². The molecule has 0 aliphatic carbocycles. The van der Waals surface area contributed by atoms with E-state index in [9.17, 15) is 13.2 Å². The van der Waals surface area contributed by atoms with Gasteiger partial charge in [0.25, 0.3) is 10.1 Å². The smallest absolute Gasteiger partial charge is 0.330 e. The fourth-order valence-corrected chi connectivity index (χ4v) is 1.26. The van der Waals surface area contributed by atoms with Crippen molar-refractivity contribution in [2.75, 3.05) is 6.61 Å². The Morgan fingerprint density at radius 2 is 2.07 bits per heavy atom. The summed E-state index contributed by atoms with van der Waals surface area (Å²) in [6, 6.07) is 0. The van der Waals surface area contributed by atoms with Crippen molar-refractivity contribution in [1.29, 1.82) is 0 Å². The standard InChI is InChI=1S/C9H16O5S/c1-4-8(10)14-7-5-6-9(2,3)15(11,12)13/h4H,1,5-7H2,2-3H3,(H,11,12,13). The lowest BCUT2D eigenvalue weighted by atomic mass is 10.1. The lowest BCUT2D eigenvalue weighted by Gasteiger charge is -2.20. The monoisotopic (exact) mass is 236 g/mol. The molecule has 0 rings (SSSR count). The highest BCUT2D eigenvalue weighted by molar-refractivity contribution is 7.87. The van der Waals surface area contributed by atoms with Gasteiger partial charge < -0.3 is 4.74 Å². The van der Waals surface area contributed by atoms with Crippen LogP contribution in [0, 0.1) is 0 Å². The molecule has 1 N–H and O–H groups in total. The fraction of sp³-hybridized carbons (Fsp3) is 0.667. The molecular weight excluding hydrogens is 220 g/mol. The van der Waals surface area contributed by atoms with Crippen LogP contribution in [0.2, 0.25) is 0 Å². The summed E-state index contributed by atoms with van der Waals surface area (Å²) in [6.07, 6.45) is 1.62. The minimum Gasteiger partial charge on any atom is -0.463 e. The van der Waals surface area contributed by atoms with Gasteiger partial charge in [-0.15, -0.1) is 0 Å². The molecule has 6 heteroatoms. The molecule has 0 spiro atoms. The van der Waals surface area contributed by atoms with Gasteiger partial charge in [-0.05, 0) is 26.7 Å². The molecule has 15 heavy (non-hydrogen) atoms. The largest absolute Gasteiger partial charge is 0.463 e. The topological polar surface area (TPSA) is 80.7 Å². The van der Waals surface area contributed by atoms with Crippen LogP contribution in [-0.2, 0) is 19.6 Å². The first-order chi connectivity index (χ1) is 6.70. The quantitative estimate of drug-likeness (QED) is 0.324. The summed E-state index contributed by atoms with van der Waals surface area (Å²) >= 11 is 0. The average molecular weight is 236 g/mol. The predicted molar refractivity (Wildman–Crippen MR) is 56.0 cm³/mol. The Morgan fingerprint density at radius 3 is 2.47 bits per heavy atom. The number of hydrogen-bond donors (Lipinski definition) is 1. The van der Waals surface area contributed by atoms with Crippen molar-refractivity contribution in [2.45, 2.75) is 31.4 Å². The Morgan fingerprint density at radius 1 is 1.53 bits per heavy atom. The van der Waals surface area contributed by atoms with E-state index in [1.54, 1.807) is 0 Å². The number of carbonyl (C=O) groups excluding carboxylic acids is 1. The molecule has 0 aliphatic rings. The van der Waals surface area contributed by atoms with Crippen LogP contribution in [-0.4, -0.2) is 30.3 Å². The minimum atomic E-state index is -4.07. The van der Waals surface area contributed by atoms with Gasteiger partial charge >= 0.3 is 5.97 Å². The van der Waals surface area contributed by atoms with Gasteiger partial charge in [0.05, 0.1) is 11.4 Å². The van der Waals surface area contributed by atoms with Crippen molar-refractivity contribution in [2.24, 2.45) is 0 Å². The zero-order chi connectivity index (χ0) is 12.1. The van der Waals surface area contributed by atoms with Crippen LogP contribution in [0.5, 0.6) is 0 Å². The van der Waals surface area contributed by atoms with Crippen molar-refractivity contribution >= 4 is 16.1 Å². The molecule has 0 radical (unpaired) electrons. The number of esters is 1. The van der Waals surface area contributed by atoms with Crippen molar-refractivity contribution in [1.82, 2.24) is 0 Å². The van der Waals surface area contributed by atoms with Gasteiger partial charge in [0.2, 0.25) is 0 Å². The predicted octanol–water partition coefficient (Wildman–Crippen LogP) is 1.16. The Labute approximate surface area is 89.9 Å². The van der Waals surface area contributed by atoms with Crippen LogP contribution >= 0.6 is 0 Å². The minimum absolute atomic E-state index is 0.115. The van der Waals surface area contributed by atoms with Gasteiger partial charge in [-0.3, -0.25) is 4.55 Å². The number of carbonyl (C=O) groups is 1. The van der Waals surface area contributed by atoms with Gasteiger partial charge in [-0.2, -0.15) is 8.42 Å².